The van der Waals surface area contributed by atoms with Gasteiger partial charge in [-0.1, -0.05) is 6.42 Å². The van der Waals surface area contributed by atoms with Crippen LogP contribution in [0.1, 0.15) is 25.0 Å². The molecule has 1 amide bonds. The highest BCUT2D eigenvalue weighted by molar-refractivity contribution is 5.94. The lowest BCUT2D eigenvalue weighted by Crippen LogP contribution is -2.43. The van der Waals surface area contributed by atoms with Crippen LogP contribution in [-0.2, 0) is 11.0 Å². The van der Waals surface area contributed by atoms with Crippen LogP contribution >= 0.6 is 12.4 Å². The fourth-order valence-corrected chi connectivity index (χ4v) is 2.71. The highest BCUT2D eigenvalue weighted by atomic mass is 35.5. The first-order chi connectivity index (χ1) is 11.4. The topological polar surface area (TPSA) is 59.0 Å². The Balaban J connectivity index is 0.00000225. The van der Waals surface area contributed by atoms with Crippen LogP contribution in [0.2, 0.25) is 0 Å². The number of aromatic nitrogens is 2. The third-order valence-corrected chi connectivity index (χ3v) is 3.94. The van der Waals surface area contributed by atoms with E-state index in [0.29, 0.717) is 5.69 Å². The van der Waals surface area contributed by atoms with Gasteiger partial charge in [0.15, 0.2) is 0 Å². The summed E-state index contributed by atoms with van der Waals surface area (Å²) < 4.78 is 39.5. The summed E-state index contributed by atoms with van der Waals surface area (Å²) in [4.78, 5) is 12.1. The zero-order valence-electron chi connectivity index (χ0n) is 13.2. The standard InChI is InChI=1S/C16H17F3N4O.ClH/c17-16(18,19)14-8-10-21-23(14)12-6-4-11(5-7-12)22-15(24)13-3-1-2-9-20-13;/h4-8,10,13,20H,1-3,9H2,(H,22,24);1H. The lowest BCUT2D eigenvalue weighted by molar-refractivity contribution is -0.142. The van der Waals surface area contributed by atoms with Gasteiger partial charge in [0.25, 0.3) is 0 Å². The first-order valence-electron chi connectivity index (χ1n) is 7.71. The number of carbonyl (C=O) groups excluding carboxylic acids is 1. The van der Waals surface area contributed by atoms with Crippen molar-refractivity contribution in [3.05, 3.63) is 42.2 Å². The summed E-state index contributed by atoms with van der Waals surface area (Å²) in [6, 6.07) is 6.82. The highest BCUT2D eigenvalue weighted by Gasteiger charge is 2.35. The molecule has 2 heterocycles. The molecule has 136 valence electrons. The van der Waals surface area contributed by atoms with E-state index < -0.39 is 11.9 Å². The van der Waals surface area contributed by atoms with Crippen molar-refractivity contribution >= 4 is 24.0 Å². The molecule has 1 aromatic heterocycles. The number of anilines is 1. The average Bonchev–Trinajstić information content (AvgIpc) is 3.06. The molecule has 1 atom stereocenters. The van der Waals surface area contributed by atoms with Gasteiger partial charge in [-0.3, -0.25) is 4.79 Å². The molecule has 1 saturated heterocycles. The van der Waals surface area contributed by atoms with E-state index in [9.17, 15) is 18.0 Å². The Morgan fingerprint density at radius 2 is 1.92 bits per heavy atom. The number of nitrogens with one attached hydrogen (secondary N) is 2. The van der Waals surface area contributed by atoms with Crippen molar-refractivity contribution in [1.29, 1.82) is 0 Å². The quantitative estimate of drug-likeness (QED) is 0.865. The molecule has 0 saturated carbocycles. The van der Waals surface area contributed by atoms with E-state index >= 15 is 0 Å². The number of rotatable bonds is 3. The Kier molecular flexibility index (Phi) is 6.07. The Bertz CT molecular complexity index is 709. The lowest BCUT2D eigenvalue weighted by atomic mass is 10.0. The molecular weight excluding hydrogens is 357 g/mol. The Morgan fingerprint density at radius 1 is 1.20 bits per heavy atom. The second-order valence-corrected chi connectivity index (χ2v) is 5.66. The van der Waals surface area contributed by atoms with Gasteiger partial charge in [0.1, 0.15) is 5.69 Å². The monoisotopic (exact) mass is 374 g/mol. The number of hydrogen-bond acceptors (Lipinski definition) is 3. The van der Waals surface area contributed by atoms with E-state index in [1.807, 2.05) is 0 Å². The normalized spacial score (nSPS) is 17.6. The minimum Gasteiger partial charge on any atom is -0.325 e. The number of hydrogen-bond donors (Lipinski definition) is 2. The van der Waals surface area contributed by atoms with Crippen molar-refractivity contribution in [1.82, 2.24) is 15.1 Å². The highest BCUT2D eigenvalue weighted by Crippen LogP contribution is 2.30. The molecule has 0 spiro atoms. The van der Waals surface area contributed by atoms with Crippen LogP contribution in [-0.4, -0.2) is 28.3 Å². The molecular formula is C16H18ClF3N4O. The van der Waals surface area contributed by atoms with Crippen LogP contribution in [0.5, 0.6) is 0 Å². The molecule has 0 aliphatic carbocycles. The van der Waals surface area contributed by atoms with Gasteiger partial charge in [-0.15, -0.1) is 12.4 Å². The van der Waals surface area contributed by atoms with E-state index in [-0.39, 0.29) is 30.0 Å². The number of carbonyl (C=O) groups is 1. The van der Waals surface area contributed by atoms with Gasteiger partial charge in [0.05, 0.1) is 17.9 Å². The summed E-state index contributed by atoms with van der Waals surface area (Å²) in [5.41, 5.74) is -0.0244. The second kappa shape index (κ2) is 7.88. The summed E-state index contributed by atoms with van der Waals surface area (Å²) in [6.07, 6.45) is -0.525. The number of benzene rings is 1. The van der Waals surface area contributed by atoms with Crippen LogP contribution in [0.3, 0.4) is 0 Å². The number of alkyl halides is 3. The fraction of sp³-hybridized carbons (Fsp3) is 0.375. The molecule has 1 aliphatic rings. The van der Waals surface area contributed by atoms with E-state index in [0.717, 1.165) is 42.8 Å². The zero-order chi connectivity index (χ0) is 17.2. The van der Waals surface area contributed by atoms with Crippen molar-refractivity contribution in [2.24, 2.45) is 0 Å². The van der Waals surface area contributed by atoms with Gasteiger partial charge >= 0.3 is 6.18 Å². The van der Waals surface area contributed by atoms with Crippen molar-refractivity contribution in [2.45, 2.75) is 31.5 Å². The Labute approximate surface area is 149 Å². The molecule has 3 rings (SSSR count). The molecule has 1 unspecified atom stereocenters. The zero-order valence-corrected chi connectivity index (χ0v) is 14.0. The van der Waals surface area contributed by atoms with Gasteiger partial charge in [0.2, 0.25) is 5.91 Å². The number of nitrogens with zero attached hydrogens (tertiary/aromatic N) is 2. The molecule has 0 bridgehead atoms. The largest absolute Gasteiger partial charge is 0.433 e. The van der Waals surface area contributed by atoms with Gasteiger partial charge in [-0.05, 0) is 49.7 Å². The minimum absolute atomic E-state index is 0. The van der Waals surface area contributed by atoms with Crippen molar-refractivity contribution in [3.8, 4) is 5.69 Å². The fourth-order valence-electron chi connectivity index (χ4n) is 2.71. The molecule has 9 heteroatoms. The van der Waals surface area contributed by atoms with Gasteiger partial charge in [-0.25, -0.2) is 4.68 Å². The molecule has 1 fully saturated rings. The Morgan fingerprint density at radius 3 is 2.52 bits per heavy atom. The van der Waals surface area contributed by atoms with Crippen LogP contribution in [0.4, 0.5) is 18.9 Å². The summed E-state index contributed by atoms with van der Waals surface area (Å²) in [5.74, 6) is -0.127. The molecule has 25 heavy (non-hydrogen) atoms. The van der Waals surface area contributed by atoms with Crippen LogP contribution < -0.4 is 10.6 Å². The second-order valence-electron chi connectivity index (χ2n) is 5.66. The van der Waals surface area contributed by atoms with E-state index in [1.165, 1.54) is 12.1 Å². The molecule has 0 radical (unpaired) electrons. The van der Waals surface area contributed by atoms with Crippen molar-refractivity contribution in [3.63, 3.8) is 0 Å². The van der Waals surface area contributed by atoms with E-state index in [4.69, 9.17) is 0 Å². The molecule has 5 nitrogen and oxygen atoms in total. The van der Waals surface area contributed by atoms with Gasteiger partial charge in [0, 0.05) is 5.69 Å². The number of piperidine rings is 1. The van der Waals surface area contributed by atoms with Crippen LogP contribution in [0, 0.1) is 0 Å². The van der Waals surface area contributed by atoms with Gasteiger partial charge < -0.3 is 10.6 Å². The predicted molar refractivity (Wildman–Crippen MR) is 90.1 cm³/mol. The van der Waals surface area contributed by atoms with Crippen molar-refractivity contribution < 1.29 is 18.0 Å². The summed E-state index contributed by atoms with van der Waals surface area (Å²) >= 11 is 0. The first kappa shape index (κ1) is 19.3. The molecule has 2 N–H and O–H groups in total. The predicted octanol–water partition coefficient (Wildman–Crippen LogP) is 3.39. The molecule has 2 aromatic rings. The smallest absolute Gasteiger partial charge is 0.325 e. The SMILES string of the molecule is Cl.O=C(Nc1ccc(-n2nccc2C(F)(F)F)cc1)C1CCCCN1. The number of halogens is 4. The third-order valence-electron chi connectivity index (χ3n) is 3.94. The summed E-state index contributed by atoms with van der Waals surface area (Å²) in [5, 5.41) is 9.64. The van der Waals surface area contributed by atoms with Gasteiger partial charge in [-0.2, -0.15) is 18.3 Å². The Hall–Kier alpha value is -2.06. The van der Waals surface area contributed by atoms with Crippen LogP contribution in [0.15, 0.2) is 36.5 Å². The van der Waals surface area contributed by atoms with E-state index in [1.54, 1.807) is 12.1 Å². The maximum absolute atomic E-state index is 12.9. The maximum atomic E-state index is 12.9. The lowest BCUT2D eigenvalue weighted by Gasteiger charge is -2.22. The summed E-state index contributed by atoms with van der Waals surface area (Å²) in [6.45, 7) is 0.816. The summed E-state index contributed by atoms with van der Waals surface area (Å²) in [7, 11) is 0. The van der Waals surface area contributed by atoms with Crippen LogP contribution in [0.25, 0.3) is 5.69 Å². The first-order valence-corrected chi connectivity index (χ1v) is 7.71. The molecule has 1 aromatic carbocycles. The third kappa shape index (κ3) is 4.52. The molecule has 1 aliphatic heterocycles. The average molecular weight is 375 g/mol. The number of amides is 1. The van der Waals surface area contributed by atoms with Crippen molar-refractivity contribution in [2.75, 3.05) is 11.9 Å². The maximum Gasteiger partial charge on any atom is 0.433 e. The minimum atomic E-state index is -4.48. The van der Waals surface area contributed by atoms with E-state index in [2.05, 4.69) is 15.7 Å².